The van der Waals surface area contributed by atoms with E-state index in [4.69, 9.17) is 4.74 Å². The highest BCUT2D eigenvalue weighted by atomic mass is 19.4. The third-order valence-corrected chi connectivity index (χ3v) is 7.70. The number of aromatic nitrogens is 1. The summed E-state index contributed by atoms with van der Waals surface area (Å²) in [6.45, 7) is 4.12. The van der Waals surface area contributed by atoms with Crippen LogP contribution in [0.1, 0.15) is 63.0 Å². The fourth-order valence-corrected chi connectivity index (χ4v) is 5.47. The summed E-state index contributed by atoms with van der Waals surface area (Å²) in [6, 6.07) is 6.96. The van der Waals surface area contributed by atoms with Crippen LogP contribution in [0.2, 0.25) is 0 Å². The number of nitro groups is 1. The molecule has 218 valence electrons. The quantitative estimate of drug-likeness (QED) is 0.278. The molecule has 1 saturated carbocycles. The summed E-state index contributed by atoms with van der Waals surface area (Å²) in [4.78, 5) is 28.2. The van der Waals surface area contributed by atoms with Crippen LogP contribution in [0.5, 0.6) is 5.88 Å². The number of anilines is 1. The van der Waals surface area contributed by atoms with Crippen LogP contribution < -0.4 is 15.4 Å². The predicted octanol–water partition coefficient (Wildman–Crippen LogP) is 6.18. The van der Waals surface area contributed by atoms with E-state index in [1.165, 1.54) is 6.07 Å². The number of urea groups is 1. The zero-order valence-corrected chi connectivity index (χ0v) is 22.6. The molecule has 1 aromatic carbocycles. The van der Waals surface area contributed by atoms with E-state index in [2.05, 4.69) is 15.6 Å². The van der Waals surface area contributed by atoms with Crippen molar-refractivity contribution in [2.75, 3.05) is 25.0 Å². The number of ether oxygens (including phenoxy) is 1. The zero-order valence-electron chi connectivity index (χ0n) is 22.6. The molecule has 2 heterocycles. The van der Waals surface area contributed by atoms with Crippen LogP contribution in [0, 0.1) is 16.0 Å². The van der Waals surface area contributed by atoms with E-state index in [1.807, 2.05) is 24.0 Å². The predicted molar refractivity (Wildman–Crippen MR) is 144 cm³/mol. The number of nitrogens with one attached hydrogen (secondary N) is 2. The van der Waals surface area contributed by atoms with Gasteiger partial charge in [0.05, 0.1) is 4.92 Å². The topological polar surface area (TPSA) is 110 Å². The molecule has 0 radical (unpaired) electrons. The number of rotatable bonds is 9. The monoisotopic (exact) mass is 563 g/mol. The molecule has 4 rings (SSSR count). The molecule has 1 aliphatic carbocycles. The van der Waals surface area contributed by atoms with E-state index in [9.17, 15) is 28.1 Å². The Morgan fingerprint density at radius 3 is 2.50 bits per heavy atom. The fourth-order valence-electron chi connectivity index (χ4n) is 5.47. The van der Waals surface area contributed by atoms with Crippen LogP contribution in [0.3, 0.4) is 0 Å². The third-order valence-electron chi connectivity index (χ3n) is 7.70. The molecule has 0 atom stereocenters. The summed E-state index contributed by atoms with van der Waals surface area (Å²) in [5.74, 6) is 1.15. The molecule has 2 fully saturated rings. The van der Waals surface area contributed by atoms with Gasteiger partial charge in [-0.2, -0.15) is 13.2 Å². The fraction of sp³-hybridized carbons (Fsp3) is 0.571. The lowest BCUT2D eigenvalue weighted by Crippen LogP contribution is -2.44. The van der Waals surface area contributed by atoms with Gasteiger partial charge < -0.3 is 20.3 Å². The maximum absolute atomic E-state index is 13.3. The van der Waals surface area contributed by atoms with Crippen molar-refractivity contribution in [1.82, 2.24) is 15.2 Å². The summed E-state index contributed by atoms with van der Waals surface area (Å²) in [5.41, 5.74) is -0.834. The van der Waals surface area contributed by atoms with Crippen molar-refractivity contribution in [1.29, 1.82) is 0 Å². The highest BCUT2D eigenvalue weighted by Gasteiger charge is 2.38. The van der Waals surface area contributed by atoms with E-state index < -0.39 is 22.4 Å². The summed E-state index contributed by atoms with van der Waals surface area (Å²) >= 11 is 0. The molecule has 1 aromatic heterocycles. The Kier molecular flexibility index (Phi) is 9.70. The van der Waals surface area contributed by atoms with Gasteiger partial charge >= 0.3 is 12.2 Å². The highest BCUT2D eigenvalue weighted by molar-refractivity contribution is 5.74. The van der Waals surface area contributed by atoms with Crippen LogP contribution >= 0.6 is 0 Å². The average molecular weight is 564 g/mol. The maximum Gasteiger partial charge on any atom is 0.423 e. The van der Waals surface area contributed by atoms with E-state index in [1.54, 1.807) is 6.20 Å². The summed E-state index contributed by atoms with van der Waals surface area (Å²) in [7, 11) is 0. The van der Waals surface area contributed by atoms with Crippen molar-refractivity contribution in [3.05, 3.63) is 57.8 Å². The Bertz CT molecular complexity index is 1160. The normalized spacial score (nSPS) is 20.1. The van der Waals surface area contributed by atoms with E-state index >= 15 is 0 Å². The van der Waals surface area contributed by atoms with E-state index in [-0.39, 0.29) is 23.9 Å². The molecule has 2 N–H and O–H groups in total. The van der Waals surface area contributed by atoms with Gasteiger partial charge in [0.25, 0.3) is 5.69 Å². The molecule has 40 heavy (non-hydrogen) atoms. The van der Waals surface area contributed by atoms with Crippen LogP contribution in [0.4, 0.5) is 29.3 Å². The summed E-state index contributed by atoms with van der Waals surface area (Å²) in [6.07, 6.45) is 3.68. The Balaban J connectivity index is 1.22. The number of likely N-dealkylation sites (tertiary alicyclic amines) is 1. The van der Waals surface area contributed by atoms with Gasteiger partial charge in [0, 0.05) is 49.7 Å². The Morgan fingerprint density at radius 2 is 1.85 bits per heavy atom. The lowest BCUT2D eigenvalue weighted by atomic mass is 9.91. The van der Waals surface area contributed by atoms with Gasteiger partial charge in [0.2, 0.25) is 5.88 Å². The molecule has 2 aromatic rings. The first-order valence-electron chi connectivity index (χ1n) is 13.9. The second kappa shape index (κ2) is 13.2. The minimum Gasteiger partial charge on any atom is -0.474 e. The lowest BCUT2D eigenvalue weighted by molar-refractivity contribution is -0.388. The largest absolute Gasteiger partial charge is 0.474 e. The number of carbonyl (C=O) groups is 1. The molecule has 1 aliphatic heterocycles. The van der Waals surface area contributed by atoms with Crippen molar-refractivity contribution in [3.8, 4) is 5.88 Å². The number of benzene rings is 1. The number of halogens is 3. The Hall–Kier alpha value is -3.57. The molecule has 0 spiro atoms. The number of hydrogen-bond acceptors (Lipinski definition) is 6. The van der Waals surface area contributed by atoms with Gasteiger partial charge in [-0.3, -0.25) is 10.1 Å². The van der Waals surface area contributed by atoms with Crippen LogP contribution in [-0.4, -0.2) is 52.6 Å². The van der Waals surface area contributed by atoms with Gasteiger partial charge in [0.15, 0.2) is 0 Å². The van der Waals surface area contributed by atoms with E-state index in [0.717, 1.165) is 56.5 Å². The summed E-state index contributed by atoms with van der Waals surface area (Å²) < 4.78 is 46.0. The SMILES string of the molecule is CCNC(=O)N1CCC(CCc2ccnc(OC3CCC(Nc4ccc([N+](=O)[O-])c(C(F)(F)F)c4)CC3)c2)CC1. The minimum atomic E-state index is -4.81. The van der Waals surface area contributed by atoms with E-state index in [0.29, 0.717) is 44.0 Å². The number of nitrogens with zero attached hydrogens (tertiary/aromatic N) is 3. The van der Waals surface area contributed by atoms with Crippen molar-refractivity contribution in [3.63, 3.8) is 0 Å². The third kappa shape index (κ3) is 7.98. The number of amides is 2. The standard InChI is InChI=1S/C28H36F3N5O4/c1-2-32-27(37)35-15-12-19(13-16-35)3-4-20-11-14-33-26(17-20)40-23-8-5-21(6-9-23)34-22-7-10-25(36(38)39)24(18-22)28(29,30)31/h7,10-11,14,17-19,21,23,34H,2-6,8-9,12-13,15-16H2,1H3,(H,32,37). The molecular weight excluding hydrogens is 527 g/mol. The van der Waals surface area contributed by atoms with Crippen molar-refractivity contribution >= 4 is 17.4 Å². The van der Waals surface area contributed by atoms with Gasteiger partial charge in [-0.05, 0) is 88.0 Å². The molecule has 2 aliphatic rings. The molecule has 1 saturated heterocycles. The number of piperidine rings is 1. The highest BCUT2D eigenvalue weighted by Crippen LogP contribution is 2.38. The smallest absolute Gasteiger partial charge is 0.423 e. The number of hydrogen-bond donors (Lipinski definition) is 2. The Labute approximate surface area is 231 Å². The molecule has 12 heteroatoms. The van der Waals surface area contributed by atoms with Gasteiger partial charge in [0.1, 0.15) is 11.7 Å². The molecule has 0 unspecified atom stereocenters. The molecule has 9 nitrogen and oxygen atoms in total. The van der Waals surface area contributed by atoms with Crippen LogP contribution in [0.15, 0.2) is 36.5 Å². The van der Waals surface area contributed by atoms with Gasteiger partial charge in [-0.15, -0.1) is 0 Å². The first-order valence-corrected chi connectivity index (χ1v) is 13.9. The summed E-state index contributed by atoms with van der Waals surface area (Å²) in [5, 5.41) is 16.9. The first kappa shape index (κ1) is 29.4. The average Bonchev–Trinajstić information content (AvgIpc) is 2.93. The second-order valence-electron chi connectivity index (χ2n) is 10.5. The number of carbonyl (C=O) groups excluding carboxylic acids is 1. The molecular formula is C28H36F3N5O4. The van der Waals surface area contributed by atoms with Gasteiger partial charge in [-0.1, -0.05) is 0 Å². The number of aryl methyl sites for hydroxylation is 1. The zero-order chi connectivity index (χ0) is 28.7. The number of alkyl halides is 3. The molecule has 0 bridgehead atoms. The Morgan fingerprint density at radius 1 is 1.12 bits per heavy atom. The van der Waals surface area contributed by atoms with Crippen LogP contribution in [0.25, 0.3) is 0 Å². The lowest BCUT2D eigenvalue weighted by Gasteiger charge is -2.32. The van der Waals surface area contributed by atoms with Crippen molar-refractivity contribution in [2.45, 2.75) is 76.6 Å². The van der Waals surface area contributed by atoms with Crippen molar-refractivity contribution in [2.24, 2.45) is 5.92 Å². The number of pyridine rings is 1. The maximum atomic E-state index is 13.3. The minimum absolute atomic E-state index is 0.0172. The van der Waals surface area contributed by atoms with Gasteiger partial charge in [-0.25, -0.2) is 9.78 Å². The van der Waals surface area contributed by atoms with Crippen LogP contribution in [-0.2, 0) is 12.6 Å². The second-order valence-corrected chi connectivity index (χ2v) is 10.5. The van der Waals surface area contributed by atoms with Crippen molar-refractivity contribution < 1.29 is 27.6 Å². The first-order chi connectivity index (χ1) is 19.1. The number of nitro benzene ring substituents is 1. The molecule has 2 amide bonds.